The van der Waals surface area contributed by atoms with Crippen molar-refractivity contribution in [3.05, 3.63) is 84.6 Å². The van der Waals surface area contributed by atoms with Gasteiger partial charge in [-0.15, -0.1) is 0 Å². The summed E-state index contributed by atoms with van der Waals surface area (Å²) in [5.74, 6) is 5.10. The lowest BCUT2D eigenvalue weighted by molar-refractivity contribution is -0.151. The molecule has 0 spiro atoms. The third-order valence-electron chi connectivity index (χ3n) is 13.8. The number of carbonyl (C=O) groups excluding carboxylic acids is 1. The molecule has 4 aliphatic rings. The van der Waals surface area contributed by atoms with Crippen molar-refractivity contribution in [2.45, 2.75) is 169 Å². The fraction of sp³-hybridized carbons (Fsp3) is 0.694. The maximum atomic E-state index is 12.8. The Labute approximate surface area is 319 Å². The molecule has 4 rings (SSSR count). The molecule has 4 aliphatic carbocycles. The van der Waals surface area contributed by atoms with Crippen LogP contribution < -0.4 is 0 Å². The number of esters is 1. The maximum Gasteiger partial charge on any atom is 0.306 e. The van der Waals surface area contributed by atoms with Gasteiger partial charge in [0.1, 0.15) is 6.10 Å². The van der Waals surface area contributed by atoms with Crippen molar-refractivity contribution in [3.8, 4) is 0 Å². The van der Waals surface area contributed by atoms with E-state index in [2.05, 4.69) is 96.2 Å². The molecule has 290 valence electrons. The van der Waals surface area contributed by atoms with Gasteiger partial charge in [0.05, 0.1) is 6.10 Å². The summed E-state index contributed by atoms with van der Waals surface area (Å²) in [6.45, 7) is 14.7. The SMILES string of the molecule is CC/C=C\CC(O)/C=C/C=C/C/C=C\C/C=C\C/C=C\CCC(=O)O[C@H]1CC[C@@]2(C)C(=CC[C@H]3[C@@H]4CC[C@H]([C@H](C)CCCC(C)C)[C@@]4(C)CC[C@@H]32)C1. The van der Waals surface area contributed by atoms with E-state index in [1.54, 1.807) is 5.57 Å². The van der Waals surface area contributed by atoms with E-state index in [9.17, 15) is 9.90 Å². The monoisotopic (exact) mass is 713 g/mol. The van der Waals surface area contributed by atoms with Gasteiger partial charge in [0.2, 0.25) is 0 Å². The first-order chi connectivity index (χ1) is 25.1. The van der Waals surface area contributed by atoms with Gasteiger partial charge in [0, 0.05) is 12.8 Å². The third-order valence-corrected chi connectivity index (χ3v) is 13.8. The summed E-state index contributed by atoms with van der Waals surface area (Å²) in [6.07, 6.45) is 47.1. The number of allylic oxidation sites excluding steroid dienone is 11. The maximum absolute atomic E-state index is 12.8. The molecule has 3 fully saturated rings. The molecule has 1 unspecified atom stereocenters. The van der Waals surface area contributed by atoms with Gasteiger partial charge in [0.15, 0.2) is 0 Å². The van der Waals surface area contributed by atoms with Crippen LogP contribution in [0.2, 0.25) is 0 Å². The van der Waals surface area contributed by atoms with Crippen molar-refractivity contribution < 1.29 is 14.6 Å². The fourth-order valence-corrected chi connectivity index (χ4v) is 10.9. The quantitative estimate of drug-likeness (QED) is 0.0776. The van der Waals surface area contributed by atoms with Crippen LogP contribution in [0.4, 0.5) is 0 Å². The molecule has 3 nitrogen and oxygen atoms in total. The Hall–Kier alpha value is -2.39. The topological polar surface area (TPSA) is 46.5 Å². The predicted molar refractivity (Wildman–Crippen MR) is 222 cm³/mol. The summed E-state index contributed by atoms with van der Waals surface area (Å²) in [5.41, 5.74) is 2.44. The molecule has 0 radical (unpaired) electrons. The highest BCUT2D eigenvalue weighted by Gasteiger charge is 2.59. The molecule has 3 heteroatoms. The number of hydrogen-bond donors (Lipinski definition) is 1. The number of ether oxygens (including phenoxy) is 1. The van der Waals surface area contributed by atoms with Gasteiger partial charge in [-0.2, -0.15) is 0 Å². The molecule has 0 aromatic rings. The highest BCUT2D eigenvalue weighted by Crippen LogP contribution is 2.67. The normalized spacial score (nSPS) is 32.0. The van der Waals surface area contributed by atoms with Gasteiger partial charge < -0.3 is 9.84 Å². The summed E-state index contributed by atoms with van der Waals surface area (Å²) in [7, 11) is 0. The minimum Gasteiger partial charge on any atom is -0.462 e. The molecule has 0 aromatic carbocycles. The van der Waals surface area contributed by atoms with Crippen molar-refractivity contribution >= 4 is 5.97 Å². The van der Waals surface area contributed by atoms with Crippen molar-refractivity contribution in [2.75, 3.05) is 0 Å². The number of aliphatic hydroxyl groups is 1. The molecule has 1 N–H and O–H groups in total. The number of aliphatic hydroxyl groups excluding tert-OH is 1. The van der Waals surface area contributed by atoms with Crippen LogP contribution >= 0.6 is 0 Å². The molecular formula is C49H76O3. The molecule has 0 aliphatic heterocycles. The van der Waals surface area contributed by atoms with Gasteiger partial charge >= 0.3 is 5.97 Å². The molecule has 0 amide bonds. The Kier molecular flexibility index (Phi) is 17.5. The summed E-state index contributed by atoms with van der Waals surface area (Å²) < 4.78 is 6.08. The molecule has 52 heavy (non-hydrogen) atoms. The average molecular weight is 713 g/mol. The molecule has 9 atom stereocenters. The molecule has 3 saturated carbocycles. The Morgan fingerprint density at radius 3 is 2.33 bits per heavy atom. The zero-order chi connectivity index (χ0) is 37.4. The minimum atomic E-state index is -0.412. The van der Waals surface area contributed by atoms with Crippen LogP contribution in [-0.4, -0.2) is 23.3 Å². The van der Waals surface area contributed by atoms with Crippen LogP contribution in [-0.2, 0) is 9.53 Å². The fourth-order valence-electron chi connectivity index (χ4n) is 10.9. The molecule has 0 saturated heterocycles. The lowest BCUT2D eigenvalue weighted by Gasteiger charge is -2.58. The van der Waals surface area contributed by atoms with Crippen LogP contribution in [0.5, 0.6) is 0 Å². The van der Waals surface area contributed by atoms with Gasteiger partial charge in [-0.25, -0.2) is 0 Å². The van der Waals surface area contributed by atoms with E-state index in [1.807, 2.05) is 24.3 Å². The number of hydrogen-bond acceptors (Lipinski definition) is 3. The van der Waals surface area contributed by atoms with E-state index >= 15 is 0 Å². The second-order valence-corrected chi connectivity index (χ2v) is 17.8. The van der Waals surface area contributed by atoms with Gasteiger partial charge in [0.25, 0.3) is 0 Å². The van der Waals surface area contributed by atoms with Crippen LogP contribution in [0, 0.1) is 46.3 Å². The largest absolute Gasteiger partial charge is 0.462 e. The Balaban J connectivity index is 1.11. The molecule has 0 aromatic heterocycles. The third kappa shape index (κ3) is 12.1. The lowest BCUT2D eigenvalue weighted by atomic mass is 9.47. The van der Waals surface area contributed by atoms with E-state index in [1.165, 1.54) is 57.8 Å². The van der Waals surface area contributed by atoms with Crippen molar-refractivity contribution in [1.82, 2.24) is 0 Å². The second-order valence-electron chi connectivity index (χ2n) is 17.8. The number of rotatable bonds is 20. The number of carbonyl (C=O) groups is 1. The first-order valence-corrected chi connectivity index (χ1v) is 21.6. The Morgan fingerprint density at radius 2 is 1.60 bits per heavy atom. The summed E-state index contributed by atoms with van der Waals surface area (Å²) in [6, 6.07) is 0. The van der Waals surface area contributed by atoms with E-state index in [-0.39, 0.29) is 12.1 Å². The van der Waals surface area contributed by atoms with Crippen LogP contribution in [0.15, 0.2) is 84.6 Å². The highest BCUT2D eigenvalue weighted by molar-refractivity contribution is 5.69. The second kappa shape index (κ2) is 21.5. The van der Waals surface area contributed by atoms with E-state index in [0.717, 1.165) is 80.5 Å². The zero-order valence-electron chi connectivity index (χ0n) is 34.1. The summed E-state index contributed by atoms with van der Waals surface area (Å²) >= 11 is 0. The van der Waals surface area contributed by atoms with Crippen LogP contribution in [0.25, 0.3) is 0 Å². The Bertz CT molecular complexity index is 1290. The van der Waals surface area contributed by atoms with Crippen molar-refractivity contribution in [1.29, 1.82) is 0 Å². The van der Waals surface area contributed by atoms with E-state index in [4.69, 9.17) is 4.74 Å². The predicted octanol–water partition coefficient (Wildman–Crippen LogP) is 13.4. The average Bonchev–Trinajstić information content (AvgIpc) is 3.47. The summed E-state index contributed by atoms with van der Waals surface area (Å²) in [4.78, 5) is 12.8. The molecule has 0 heterocycles. The first kappa shape index (κ1) is 42.4. The minimum absolute atomic E-state index is 0.0361. The van der Waals surface area contributed by atoms with Gasteiger partial charge in [-0.1, -0.05) is 145 Å². The molecule has 0 bridgehead atoms. The zero-order valence-corrected chi connectivity index (χ0v) is 34.1. The van der Waals surface area contributed by atoms with Crippen LogP contribution in [0.1, 0.15) is 157 Å². The summed E-state index contributed by atoms with van der Waals surface area (Å²) in [5, 5.41) is 9.86. The van der Waals surface area contributed by atoms with Crippen molar-refractivity contribution in [2.24, 2.45) is 46.3 Å². The van der Waals surface area contributed by atoms with Gasteiger partial charge in [-0.3, -0.25) is 4.79 Å². The van der Waals surface area contributed by atoms with Crippen molar-refractivity contribution in [3.63, 3.8) is 0 Å². The van der Waals surface area contributed by atoms with E-state index < -0.39 is 6.10 Å². The first-order valence-electron chi connectivity index (χ1n) is 21.6. The smallest absolute Gasteiger partial charge is 0.306 e. The lowest BCUT2D eigenvalue weighted by Crippen LogP contribution is -2.51. The highest BCUT2D eigenvalue weighted by atomic mass is 16.5. The number of fused-ring (bicyclic) bond motifs is 5. The standard InChI is InChI=1S/C49H76O3/c1-7-8-20-26-41(50)27-21-18-16-14-12-10-9-11-13-15-17-19-22-28-47(51)52-42-33-35-48(5)40(37-42)29-30-43-45-32-31-44(39(4)25-23-24-38(2)3)49(45,6)36-34-46(43)48/h8,10-13,16-21,27,29,38-39,41-46,50H,7,9,14-15,22-26,28,30-37H2,1-6H3/b12-10-,13-11-,18-16+,19-17-,20-8-,27-21+/t39-,41?,42+,43+,44-,45+,46+,48+,49-/m1/s1. The Morgan fingerprint density at radius 1 is 0.865 bits per heavy atom. The van der Waals surface area contributed by atoms with Crippen LogP contribution in [0.3, 0.4) is 0 Å². The van der Waals surface area contributed by atoms with E-state index in [0.29, 0.717) is 23.7 Å². The molecular weight excluding hydrogens is 637 g/mol. The van der Waals surface area contributed by atoms with Gasteiger partial charge in [-0.05, 0) is 130 Å².